The Balaban J connectivity index is 2.03. The van der Waals surface area contributed by atoms with Crippen molar-refractivity contribution in [3.63, 3.8) is 0 Å². The van der Waals surface area contributed by atoms with E-state index in [0.29, 0.717) is 17.7 Å². The van der Waals surface area contributed by atoms with E-state index < -0.39 is 17.9 Å². The van der Waals surface area contributed by atoms with Gasteiger partial charge in [-0.3, -0.25) is 14.4 Å². The molecule has 7 heteroatoms. The maximum atomic E-state index is 12.4. The molecule has 1 aliphatic rings. The van der Waals surface area contributed by atoms with Crippen molar-refractivity contribution in [3.8, 4) is 5.75 Å². The molecular weight excluding hydrogens is 312 g/mol. The number of phenols is 1. The fourth-order valence-electron chi connectivity index (χ4n) is 2.62. The molecule has 0 aromatic heterocycles. The molecule has 3 N–H and O–H groups in total. The Kier molecular flexibility index (Phi) is 5.43. The number of ether oxygens (including phenoxy) is 1. The van der Waals surface area contributed by atoms with E-state index in [2.05, 4.69) is 0 Å². The van der Waals surface area contributed by atoms with Crippen LogP contribution in [0.2, 0.25) is 0 Å². The minimum absolute atomic E-state index is 0.00566. The molecule has 1 atom stereocenters. The lowest BCUT2D eigenvalue weighted by Crippen LogP contribution is -2.45. The van der Waals surface area contributed by atoms with Crippen molar-refractivity contribution in [1.82, 2.24) is 4.90 Å². The highest BCUT2D eigenvalue weighted by Crippen LogP contribution is 2.28. The van der Waals surface area contributed by atoms with Crippen LogP contribution >= 0.6 is 0 Å². The number of amides is 2. The zero-order chi connectivity index (χ0) is 17.9. The molecule has 0 saturated carbocycles. The molecule has 2 amide bonds. The van der Waals surface area contributed by atoms with Crippen molar-refractivity contribution in [2.75, 3.05) is 6.61 Å². The lowest BCUT2D eigenvalue weighted by atomic mass is 10.1. The lowest BCUT2D eigenvalue weighted by molar-refractivity contribution is -0.145. The van der Waals surface area contributed by atoms with Gasteiger partial charge >= 0.3 is 5.97 Å². The molecule has 7 nitrogen and oxygen atoms in total. The quantitative estimate of drug-likeness (QED) is 0.728. The van der Waals surface area contributed by atoms with Gasteiger partial charge in [0.2, 0.25) is 5.91 Å². The van der Waals surface area contributed by atoms with E-state index in [1.54, 1.807) is 0 Å². The van der Waals surface area contributed by atoms with Gasteiger partial charge < -0.3 is 20.5 Å². The Hall–Kier alpha value is -2.57. The first-order valence-electron chi connectivity index (χ1n) is 7.87. The van der Waals surface area contributed by atoms with Crippen molar-refractivity contribution in [2.45, 2.75) is 39.3 Å². The van der Waals surface area contributed by atoms with E-state index in [0.717, 1.165) is 0 Å². The number of carbonyl (C=O) groups excluding carboxylic acids is 3. The summed E-state index contributed by atoms with van der Waals surface area (Å²) in [6.45, 7) is 4.34. The maximum Gasteiger partial charge on any atom is 0.305 e. The molecule has 1 aliphatic heterocycles. The van der Waals surface area contributed by atoms with E-state index in [-0.39, 0.29) is 37.0 Å². The number of rotatable bonds is 7. The summed E-state index contributed by atoms with van der Waals surface area (Å²) in [6, 6.07) is 3.53. The van der Waals surface area contributed by atoms with Crippen LogP contribution in [0.5, 0.6) is 5.75 Å². The van der Waals surface area contributed by atoms with Gasteiger partial charge in [-0.1, -0.05) is 13.8 Å². The van der Waals surface area contributed by atoms with E-state index >= 15 is 0 Å². The Morgan fingerprint density at radius 2 is 2.08 bits per heavy atom. The van der Waals surface area contributed by atoms with E-state index in [9.17, 15) is 19.5 Å². The molecule has 0 saturated heterocycles. The minimum atomic E-state index is -0.890. The summed E-state index contributed by atoms with van der Waals surface area (Å²) in [5, 5.41) is 9.51. The van der Waals surface area contributed by atoms with Crippen molar-refractivity contribution in [1.29, 1.82) is 0 Å². The minimum Gasteiger partial charge on any atom is -0.508 e. The third-order valence-corrected chi connectivity index (χ3v) is 3.82. The van der Waals surface area contributed by atoms with E-state index in [4.69, 9.17) is 10.5 Å². The summed E-state index contributed by atoms with van der Waals surface area (Å²) in [7, 11) is 0. The number of esters is 1. The van der Waals surface area contributed by atoms with Gasteiger partial charge in [0.25, 0.3) is 5.91 Å². The van der Waals surface area contributed by atoms with Crippen LogP contribution in [-0.4, -0.2) is 40.4 Å². The van der Waals surface area contributed by atoms with Gasteiger partial charge in [0, 0.05) is 18.5 Å². The standard InChI is InChI=1S/C17H22N2O5/c1-10(2)9-24-15(21)6-5-14(16(18)22)19-8-11-7-12(20)3-4-13(11)17(19)23/h3-4,7,10,14,20H,5-6,8-9H2,1-2H3,(H2,18,22). The molecule has 2 rings (SSSR count). The monoisotopic (exact) mass is 334 g/mol. The van der Waals surface area contributed by atoms with Gasteiger partial charge in [0.15, 0.2) is 0 Å². The smallest absolute Gasteiger partial charge is 0.305 e. The Morgan fingerprint density at radius 3 is 2.71 bits per heavy atom. The van der Waals surface area contributed by atoms with E-state index in [1.165, 1.54) is 23.1 Å². The lowest BCUT2D eigenvalue weighted by Gasteiger charge is -2.24. The van der Waals surface area contributed by atoms with Crippen molar-refractivity contribution in [3.05, 3.63) is 29.3 Å². The molecule has 1 heterocycles. The van der Waals surface area contributed by atoms with Gasteiger partial charge in [0.05, 0.1) is 6.61 Å². The summed E-state index contributed by atoms with van der Waals surface area (Å²) < 4.78 is 5.07. The highest BCUT2D eigenvalue weighted by molar-refractivity contribution is 6.01. The van der Waals surface area contributed by atoms with Crippen LogP contribution in [0.3, 0.4) is 0 Å². The average molecular weight is 334 g/mol. The second-order valence-corrected chi connectivity index (χ2v) is 6.31. The van der Waals surface area contributed by atoms with Crippen molar-refractivity contribution < 1.29 is 24.2 Å². The number of phenolic OH excluding ortho intramolecular Hbond substituents is 1. The Bertz CT molecular complexity index is 656. The zero-order valence-electron chi connectivity index (χ0n) is 13.8. The number of benzene rings is 1. The second-order valence-electron chi connectivity index (χ2n) is 6.31. The first-order chi connectivity index (χ1) is 11.3. The number of hydrogen-bond donors (Lipinski definition) is 2. The Labute approximate surface area is 140 Å². The van der Waals surface area contributed by atoms with Crippen LogP contribution < -0.4 is 5.73 Å². The molecule has 0 radical (unpaired) electrons. The number of nitrogens with zero attached hydrogens (tertiary/aromatic N) is 1. The molecule has 24 heavy (non-hydrogen) atoms. The highest BCUT2D eigenvalue weighted by Gasteiger charge is 2.35. The number of fused-ring (bicyclic) bond motifs is 1. The SMILES string of the molecule is CC(C)COC(=O)CCC(C(N)=O)N1Cc2cc(O)ccc2C1=O. The summed E-state index contributed by atoms with van der Waals surface area (Å²) in [5.74, 6) is -1.14. The largest absolute Gasteiger partial charge is 0.508 e. The number of nitrogens with two attached hydrogens (primary N) is 1. The molecule has 1 aromatic carbocycles. The normalized spacial score (nSPS) is 14.6. The first kappa shape index (κ1) is 17.8. The Morgan fingerprint density at radius 1 is 1.38 bits per heavy atom. The topological polar surface area (TPSA) is 110 Å². The van der Waals surface area contributed by atoms with Crippen LogP contribution in [0.4, 0.5) is 0 Å². The molecule has 0 fully saturated rings. The zero-order valence-corrected chi connectivity index (χ0v) is 13.8. The second kappa shape index (κ2) is 7.33. The fraction of sp³-hybridized carbons (Fsp3) is 0.471. The summed E-state index contributed by atoms with van der Waals surface area (Å²) in [6.07, 6.45) is 0.115. The molecule has 1 unspecified atom stereocenters. The molecule has 0 bridgehead atoms. The maximum absolute atomic E-state index is 12.4. The van der Waals surface area contributed by atoms with Gasteiger partial charge in [-0.25, -0.2) is 0 Å². The van der Waals surface area contributed by atoms with Crippen LogP contribution in [0.1, 0.15) is 42.6 Å². The first-order valence-corrected chi connectivity index (χ1v) is 7.87. The highest BCUT2D eigenvalue weighted by atomic mass is 16.5. The van der Waals surface area contributed by atoms with Crippen molar-refractivity contribution >= 4 is 17.8 Å². The number of primary amides is 1. The van der Waals surface area contributed by atoms with Gasteiger partial charge in [-0.15, -0.1) is 0 Å². The molecule has 0 aliphatic carbocycles. The predicted octanol–water partition coefficient (Wildman–Crippen LogP) is 1.18. The molecule has 0 spiro atoms. The number of carbonyl (C=O) groups is 3. The fourth-order valence-corrected chi connectivity index (χ4v) is 2.62. The van der Waals surface area contributed by atoms with Crippen LogP contribution in [0.15, 0.2) is 18.2 Å². The molecular formula is C17H22N2O5. The molecule has 130 valence electrons. The van der Waals surface area contributed by atoms with E-state index in [1.807, 2.05) is 13.8 Å². The van der Waals surface area contributed by atoms with Gasteiger partial charge in [-0.05, 0) is 36.1 Å². The van der Waals surface area contributed by atoms with Crippen LogP contribution in [0, 0.1) is 5.92 Å². The predicted molar refractivity (Wildman–Crippen MR) is 86.0 cm³/mol. The summed E-state index contributed by atoms with van der Waals surface area (Å²) >= 11 is 0. The van der Waals surface area contributed by atoms with Gasteiger partial charge in [0.1, 0.15) is 11.8 Å². The van der Waals surface area contributed by atoms with Crippen LogP contribution in [0.25, 0.3) is 0 Å². The summed E-state index contributed by atoms with van der Waals surface area (Å²) in [4.78, 5) is 37.2. The molecule has 1 aromatic rings. The van der Waals surface area contributed by atoms with Crippen LogP contribution in [-0.2, 0) is 20.9 Å². The average Bonchev–Trinajstić information content (AvgIpc) is 2.81. The third kappa shape index (κ3) is 4.04. The van der Waals surface area contributed by atoms with Gasteiger partial charge in [-0.2, -0.15) is 0 Å². The summed E-state index contributed by atoms with van der Waals surface area (Å²) in [5.41, 5.74) is 6.48. The number of aromatic hydroxyl groups is 1. The van der Waals surface area contributed by atoms with Crippen molar-refractivity contribution in [2.24, 2.45) is 11.7 Å². The third-order valence-electron chi connectivity index (χ3n) is 3.82. The number of hydrogen-bond acceptors (Lipinski definition) is 5.